The van der Waals surface area contributed by atoms with Crippen LogP contribution in [0.1, 0.15) is 74.4 Å². The molecule has 0 saturated heterocycles. The van der Waals surface area contributed by atoms with Gasteiger partial charge in [0.15, 0.2) is 5.78 Å². The van der Waals surface area contributed by atoms with Gasteiger partial charge < -0.3 is 9.47 Å². The minimum atomic E-state index is -0.765. The van der Waals surface area contributed by atoms with E-state index in [4.69, 9.17) is 9.47 Å². The summed E-state index contributed by atoms with van der Waals surface area (Å²) in [4.78, 5) is 25.6. The second-order valence-corrected chi connectivity index (χ2v) is 8.23. The lowest BCUT2D eigenvalue weighted by Crippen LogP contribution is -2.46. The van der Waals surface area contributed by atoms with E-state index in [1.165, 1.54) is 7.11 Å². The lowest BCUT2D eigenvalue weighted by Gasteiger charge is -2.48. The highest BCUT2D eigenvalue weighted by Gasteiger charge is 2.52. The maximum Gasteiger partial charge on any atom is 0.315 e. The summed E-state index contributed by atoms with van der Waals surface area (Å²) in [7, 11) is 3.08. The summed E-state index contributed by atoms with van der Waals surface area (Å²) >= 11 is 0. The molecular weight excluding hydrogens is 328 g/mol. The van der Waals surface area contributed by atoms with E-state index in [1.807, 2.05) is 19.1 Å². The van der Waals surface area contributed by atoms with Crippen LogP contribution < -0.4 is 4.74 Å². The van der Waals surface area contributed by atoms with Crippen molar-refractivity contribution in [2.24, 2.45) is 5.41 Å². The van der Waals surface area contributed by atoms with Crippen molar-refractivity contribution >= 4 is 11.8 Å². The summed E-state index contributed by atoms with van der Waals surface area (Å²) < 4.78 is 10.7. The molecule has 1 aromatic carbocycles. The topological polar surface area (TPSA) is 52.6 Å². The van der Waals surface area contributed by atoms with Crippen molar-refractivity contribution in [1.29, 1.82) is 0 Å². The predicted octanol–water partition coefficient (Wildman–Crippen LogP) is 4.56. The number of methoxy groups -OCH3 is 2. The van der Waals surface area contributed by atoms with E-state index in [-0.39, 0.29) is 23.1 Å². The Bertz CT molecular complexity index is 805. The monoisotopic (exact) mass is 356 g/mol. The SMILES string of the molecule is COC(=O)[C@]1(C)CCC[C@@]2(C)C1=CC(=O)c1cc(C(C)C)c(OC)cc12. The number of ketones is 1. The molecule has 1 saturated carbocycles. The van der Waals surface area contributed by atoms with Gasteiger partial charge in [0.1, 0.15) is 5.75 Å². The number of benzene rings is 1. The minimum Gasteiger partial charge on any atom is -0.496 e. The fourth-order valence-corrected chi connectivity index (χ4v) is 4.80. The second kappa shape index (κ2) is 6.26. The van der Waals surface area contributed by atoms with Crippen LogP contribution in [0.25, 0.3) is 0 Å². The number of ether oxygens (including phenoxy) is 2. The van der Waals surface area contributed by atoms with Crippen LogP contribution in [0.15, 0.2) is 23.8 Å². The summed E-state index contributed by atoms with van der Waals surface area (Å²) in [5.74, 6) is 0.762. The third kappa shape index (κ3) is 2.50. The van der Waals surface area contributed by atoms with Crippen LogP contribution in [0.5, 0.6) is 5.75 Å². The van der Waals surface area contributed by atoms with Crippen LogP contribution in [0, 0.1) is 5.41 Å². The lowest BCUT2D eigenvalue weighted by molar-refractivity contribution is -0.151. The highest BCUT2D eigenvalue weighted by atomic mass is 16.5. The molecule has 1 fully saturated rings. The Hall–Kier alpha value is -2.10. The lowest BCUT2D eigenvalue weighted by atomic mass is 9.54. The van der Waals surface area contributed by atoms with Crippen molar-refractivity contribution in [1.82, 2.24) is 0 Å². The Kier molecular flexibility index (Phi) is 4.50. The molecule has 4 heteroatoms. The van der Waals surface area contributed by atoms with Crippen LogP contribution >= 0.6 is 0 Å². The molecule has 0 N–H and O–H groups in total. The molecule has 1 aromatic rings. The van der Waals surface area contributed by atoms with Crippen molar-refractivity contribution in [3.8, 4) is 5.75 Å². The van der Waals surface area contributed by atoms with Crippen LogP contribution in [-0.4, -0.2) is 26.0 Å². The molecule has 2 aliphatic rings. The van der Waals surface area contributed by atoms with Crippen LogP contribution in [-0.2, 0) is 14.9 Å². The number of carbonyl (C=O) groups is 2. The van der Waals surface area contributed by atoms with Crippen molar-refractivity contribution in [3.05, 3.63) is 40.5 Å². The summed E-state index contributed by atoms with van der Waals surface area (Å²) in [6.45, 7) is 8.23. The second-order valence-electron chi connectivity index (χ2n) is 8.23. The third-order valence-corrected chi connectivity index (χ3v) is 6.31. The fourth-order valence-electron chi connectivity index (χ4n) is 4.80. The number of rotatable bonds is 3. The Balaban J connectivity index is 2.25. The number of fused-ring (bicyclic) bond motifs is 3. The van der Waals surface area contributed by atoms with Gasteiger partial charge in [-0.25, -0.2) is 0 Å². The molecule has 0 amide bonds. The number of hydrogen-bond donors (Lipinski definition) is 0. The van der Waals surface area contributed by atoms with Gasteiger partial charge in [0.25, 0.3) is 0 Å². The maximum atomic E-state index is 13.0. The van der Waals surface area contributed by atoms with Crippen LogP contribution in [0.2, 0.25) is 0 Å². The summed E-state index contributed by atoms with van der Waals surface area (Å²) in [5.41, 5.74) is 2.48. The Morgan fingerprint density at radius 1 is 1.15 bits per heavy atom. The molecule has 4 nitrogen and oxygen atoms in total. The quantitative estimate of drug-likeness (QED) is 0.745. The molecule has 0 spiro atoms. The first-order chi connectivity index (χ1) is 12.2. The average Bonchev–Trinajstić information content (AvgIpc) is 2.62. The first-order valence-corrected chi connectivity index (χ1v) is 9.27. The Morgan fingerprint density at radius 3 is 2.42 bits per heavy atom. The van der Waals surface area contributed by atoms with Crippen molar-refractivity contribution in [2.45, 2.75) is 58.3 Å². The molecule has 3 rings (SSSR count). The van der Waals surface area contributed by atoms with Crippen molar-refractivity contribution < 1.29 is 19.1 Å². The average molecular weight is 356 g/mol. The van der Waals surface area contributed by atoms with Gasteiger partial charge in [-0.05, 0) is 60.6 Å². The Morgan fingerprint density at radius 2 is 1.85 bits per heavy atom. The zero-order chi connectivity index (χ0) is 19.3. The molecular formula is C22H28O4. The first-order valence-electron chi connectivity index (χ1n) is 9.27. The normalized spacial score (nSPS) is 27.5. The van der Waals surface area contributed by atoms with Gasteiger partial charge in [-0.15, -0.1) is 0 Å². The molecule has 0 radical (unpaired) electrons. The van der Waals surface area contributed by atoms with Gasteiger partial charge in [0.05, 0.1) is 19.6 Å². The van der Waals surface area contributed by atoms with Crippen LogP contribution in [0.3, 0.4) is 0 Å². The molecule has 0 heterocycles. The third-order valence-electron chi connectivity index (χ3n) is 6.31. The van der Waals surface area contributed by atoms with Crippen LogP contribution in [0.4, 0.5) is 0 Å². The Labute approximate surface area is 155 Å². The first kappa shape index (κ1) is 18.7. The van der Waals surface area contributed by atoms with E-state index in [0.29, 0.717) is 6.42 Å². The summed E-state index contributed by atoms with van der Waals surface area (Å²) in [5, 5.41) is 0. The molecule has 2 aliphatic carbocycles. The van der Waals surface area contributed by atoms with Gasteiger partial charge in [-0.2, -0.15) is 0 Å². The van der Waals surface area contributed by atoms with E-state index in [0.717, 1.165) is 40.9 Å². The fraction of sp³-hybridized carbons (Fsp3) is 0.545. The number of esters is 1. The molecule has 0 unspecified atom stereocenters. The van der Waals surface area contributed by atoms with E-state index in [2.05, 4.69) is 20.8 Å². The van der Waals surface area contributed by atoms with E-state index in [1.54, 1.807) is 13.2 Å². The highest BCUT2D eigenvalue weighted by Crippen LogP contribution is 2.56. The van der Waals surface area contributed by atoms with E-state index >= 15 is 0 Å². The van der Waals surface area contributed by atoms with Gasteiger partial charge in [0.2, 0.25) is 0 Å². The summed E-state index contributed by atoms with van der Waals surface area (Å²) in [6.07, 6.45) is 4.19. The number of carbonyl (C=O) groups excluding carboxylic acids is 2. The maximum absolute atomic E-state index is 13.0. The van der Waals surface area contributed by atoms with Gasteiger partial charge >= 0.3 is 5.97 Å². The zero-order valence-corrected chi connectivity index (χ0v) is 16.6. The standard InChI is InChI=1S/C22H28O4/c1-13(2)14-10-15-16(11-18(14)25-5)21(3)8-7-9-22(4,20(24)26-6)19(21)12-17(15)23/h10-13H,7-9H2,1-6H3/t21-,22-/m1/s1. The molecule has 0 aromatic heterocycles. The van der Waals surface area contributed by atoms with Gasteiger partial charge in [-0.3, -0.25) is 9.59 Å². The minimum absolute atomic E-state index is 0.0333. The van der Waals surface area contributed by atoms with Crippen molar-refractivity contribution in [2.75, 3.05) is 14.2 Å². The molecule has 0 aliphatic heterocycles. The highest BCUT2D eigenvalue weighted by molar-refractivity contribution is 6.09. The van der Waals surface area contributed by atoms with E-state index < -0.39 is 5.41 Å². The molecule has 26 heavy (non-hydrogen) atoms. The summed E-state index contributed by atoms with van der Waals surface area (Å²) in [6, 6.07) is 3.99. The number of allylic oxidation sites excluding steroid dienone is 1. The predicted molar refractivity (Wildman–Crippen MR) is 101 cm³/mol. The number of hydrogen-bond acceptors (Lipinski definition) is 4. The van der Waals surface area contributed by atoms with E-state index in [9.17, 15) is 9.59 Å². The van der Waals surface area contributed by atoms with Gasteiger partial charge in [0, 0.05) is 11.0 Å². The molecule has 0 bridgehead atoms. The zero-order valence-electron chi connectivity index (χ0n) is 16.6. The van der Waals surface area contributed by atoms with Crippen molar-refractivity contribution in [3.63, 3.8) is 0 Å². The molecule has 140 valence electrons. The molecule has 2 atom stereocenters. The largest absolute Gasteiger partial charge is 0.496 e. The smallest absolute Gasteiger partial charge is 0.315 e. The van der Waals surface area contributed by atoms with Gasteiger partial charge in [-0.1, -0.05) is 27.2 Å².